The number of rotatable bonds is 14. The molecule has 4 nitrogen and oxygen atoms in total. The maximum atomic E-state index is 14.3. The molecule has 6 fully saturated rings. The van der Waals surface area contributed by atoms with E-state index in [1.807, 2.05) is 6.08 Å². The fraction of sp³-hybridized carbons (Fsp3) is 0.949. The van der Waals surface area contributed by atoms with Gasteiger partial charge in [0.15, 0.2) is 0 Å². The lowest BCUT2D eigenvalue weighted by atomic mass is 9.60. The van der Waals surface area contributed by atoms with Gasteiger partial charge in [0.05, 0.1) is 12.7 Å². The van der Waals surface area contributed by atoms with E-state index in [-0.39, 0.29) is 73.4 Å². The van der Waals surface area contributed by atoms with E-state index >= 15 is 0 Å². The molecule has 6 rings (SSSR count). The smallest absolute Gasteiger partial charge is 0.275 e. The van der Waals surface area contributed by atoms with E-state index in [9.17, 15) is 46.5 Å². The van der Waals surface area contributed by atoms with E-state index < -0.39 is 34.2 Å². The van der Waals surface area contributed by atoms with E-state index in [1.165, 1.54) is 32.3 Å². The molecule has 6 aliphatic carbocycles. The van der Waals surface area contributed by atoms with Crippen molar-refractivity contribution in [1.29, 1.82) is 0 Å². The van der Waals surface area contributed by atoms with Crippen molar-refractivity contribution in [3.8, 4) is 0 Å². The number of allylic oxidation sites excluding steroid dienone is 1. The number of Topliss-reactive ketones (excluding diaryl/α,β-unsaturated/α-hetero) is 1. The Morgan fingerprint density at radius 3 is 1.42 bits per heavy atom. The largest absolute Gasteiger partial charge is 0.393 e. The fourth-order valence-corrected chi connectivity index (χ4v) is 15.3. The van der Waals surface area contributed by atoms with Crippen molar-refractivity contribution in [1.82, 2.24) is 0 Å². The van der Waals surface area contributed by atoms with Crippen LogP contribution in [0.4, 0.5) is 26.3 Å². The Morgan fingerprint density at radius 2 is 0.971 bits per heavy atom. The summed E-state index contributed by atoms with van der Waals surface area (Å²) in [5.74, 6) is -4.60. The van der Waals surface area contributed by atoms with E-state index in [1.54, 1.807) is 41.5 Å². The number of aliphatic hydroxyl groups excluding tert-OH is 2. The van der Waals surface area contributed by atoms with Crippen LogP contribution in [0.1, 0.15) is 239 Å². The Hall–Kier alpha value is -1.13. The van der Waals surface area contributed by atoms with Crippen LogP contribution in [0.15, 0.2) is 11.6 Å². The second kappa shape index (κ2) is 23.2. The zero-order valence-electron chi connectivity index (χ0n) is 45.4. The lowest BCUT2D eigenvalue weighted by Crippen LogP contribution is -2.44. The minimum atomic E-state index is -3.05. The first-order valence-corrected chi connectivity index (χ1v) is 27.4. The lowest BCUT2D eigenvalue weighted by molar-refractivity contribution is -0.168. The quantitative estimate of drug-likeness (QED) is 0.120. The van der Waals surface area contributed by atoms with Crippen LogP contribution in [0.5, 0.6) is 0 Å². The highest BCUT2D eigenvalue weighted by molar-refractivity contribution is 5.83. The van der Waals surface area contributed by atoms with Gasteiger partial charge in [-0.05, 0) is 180 Å². The third-order valence-electron chi connectivity index (χ3n) is 20.4. The van der Waals surface area contributed by atoms with Gasteiger partial charge in [0, 0.05) is 42.4 Å². The molecule has 0 unspecified atom stereocenters. The zero-order valence-corrected chi connectivity index (χ0v) is 45.4. The summed E-state index contributed by atoms with van der Waals surface area (Å²) in [4.78, 5) is 12.2. The topological polar surface area (TPSA) is 77.8 Å². The van der Waals surface area contributed by atoms with E-state index in [0.717, 1.165) is 83.5 Å². The van der Waals surface area contributed by atoms with E-state index in [0.29, 0.717) is 60.6 Å². The molecular formula is C59H104F6O4. The number of aliphatic hydroxyl groups is 3. The molecule has 0 bridgehead atoms. The molecule has 6 saturated carbocycles. The number of alkyl halides is 6. The van der Waals surface area contributed by atoms with Crippen molar-refractivity contribution in [3.63, 3.8) is 0 Å². The first kappa shape index (κ1) is 62.2. The average molecular weight is 991 g/mol. The van der Waals surface area contributed by atoms with Gasteiger partial charge in [0.2, 0.25) is 0 Å². The van der Waals surface area contributed by atoms with Gasteiger partial charge in [0.1, 0.15) is 11.4 Å². The molecule has 3 N–H and O–H groups in total. The van der Waals surface area contributed by atoms with E-state index in [2.05, 4.69) is 41.5 Å². The van der Waals surface area contributed by atoms with Crippen LogP contribution in [-0.4, -0.2) is 57.2 Å². The predicted octanol–water partition coefficient (Wildman–Crippen LogP) is 17.1. The number of carbonyl (C=O) groups excluding carboxylic acids is 1. The summed E-state index contributed by atoms with van der Waals surface area (Å²) in [7, 11) is 0. The Morgan fingerprint density at radius 1 is 0.580 bits per heavy atom. The van der Waals surface area contributed by atoms with Gasteiger partial charge in [-0.1, -0.05) is 109 Å². The van der Waals surface area contributed by atoms with Crippen molar-refractivity contribution >= 4 is 5.78 Å². The first-order chi connectivity index (χ1) is 31.0. The second-order valence-electron chi connectivity index (χ2n) is 27.1. The van der Waals surface area contributed by atoms with Gasteiger partial charge in [0.25, 0.3) is 17.8 Å². The molecule has 0 amide bonds. The van der Waals surface area contributed by atoms with Crippen LogP contribution < -0.4 is 0 Å². The molecule has 0 heterocycles. The maximum absolute atomic E-state index is 14.3. The third-order valence-corrected chi connectivity index (χ3v) is 20.4. The number of fused-ring (bicyclic) bond motifs is 3. The predicted molar refractivity (Wildman–Crippen MR) is 273 cm³/mol. The van der Waals surface area contributed by atoms with Gasteiger partial charge >= 0.3 is 0 Å². The summed E-state index contributed by atoms with van der Waals surface area (Å²) in [6.45, 7) is 25.5. The van der Waals surface area contributed by atoms with Gasteiger partial charge < -0.3 is 15.3 Å². The highest BCUT2D eigenvalue weighted by Crippen LogP contribution is 2.62. The lowest BCUT2D eigenvalue weighted by Gasteiger charge is -2.45. The second-order valence-corrected chi connectivity index (χ2v) is 27.1. The fourth-order valence-electron chi connectivity index (χ4n) is 15.3. The molecule has 69 heavy (non-hydrogen) atoms. The molecule has 6 aliphatic rings. The minimum absolute atomic E-state index is 0. The summed E-state index contributed by atoms with van der Waals surface area (Å²) >= 11 is 0. The molecule has 0 radical (unpaired) electrons. The molecule has 0 spiro atoms. The molecule has 0 aliphatic heterocycles. The number of carbonyl (C=O) groups is 1. The van der Waals surface area contributed by atoms with Gasteiger partial charge in [-0.25, -0.2) is 26.3 Å². The Labute approximate surface area is 418 Å². The molecule has 0 aromatic heterocycles. The van der Waals surface area contributed by atoms with E-state index in [4.69, 9.17) is 0 Å². The molecule has 13 atom stereocenters. The summed E-state index contributed by atoms with van der Waals surface area (Å²) in [6.07, 6.45) is 18.7. The molecule has 0 aromatic rings. The Bertz CT molecular complexity index is 1660. The van der Waals surface area contributed by atoms with Gasteiger partial charge in [-0.3, -0.25) is 4.79 Å². The van der Waals surface area contributed by atoms with Crippen molar-refractivity contribution in [2.24, 2.45) is 80.3 Å². The van der Waals surface area contributed by atoms with Crippen LogP contribution >= 0.6 is 0 Å². The SMILES string of the molecule is C.C[C@H](CCC(F)(F)C(C)(C)C)[C@H]1CC[C@H]2/C(=C/CO)CCC[C@]12C.C[C@H](CCC(F)(F)C(C)(C)C)[C@H]1CC[C@H]2C(=O)CCC[C@]12C.C[C@H](CCC(F)(F)C(C)(C)O)[C@H]1CC[C@H]2[C@@H](O)CCC[C@]12C. The normalized spacial score (nSPS) is 35.1. The van der Waals surface area contributed by atoms with Crippen LogP contribution in [0.3, 0.4) is 0 Å². The number of hydrogen-bond donors (Lipinski definition) is 3. The molecule has 10 heteroatoms. The van der Waals surface area contributed by atoms with Crippen LogP contribution in [-0.2, 0) is 4.79 Å². The monoisotopic (exact) mass is 991 g/mol. The minimum Gasteiger partial charge on any atom is -0.393 e. The average Bonchev–Trinajstić information content (AvgIpc) is 3.89. The van der Waals surface area contributed by atoms with Crippen molar-refractivity contribution in [2.45, 2.75) is 269 Å². The first-order valence-electron chi connectivity index (χ1n) is 27.4. The van der Waals surface area contributed by atoms with Crippen LogP contribution in [0.2, 0.25) is 0 Å². The summed E-state index contributed by atoms with van der Waals surface area (Å²) in [5.41, 5.74) is -2.09. The van der Waals surface area contributed by atoms with Gasteiger partial charge in [-0.2, -0.15) is 0 Å². The number of halogens is 6. The highest BCUT2D eigenvalue weighted by Gasteiger charge is 2.56. The highest BCUT2D eigenvalue weighted by atomic mass is 19.3. The summed E-state index contributed by atoms with van der Waals surface area (Å²) in [6, 6.07) is 0. The summed E-state index contributed by atoms with van der Waals surface area (Å²) in [5, 5.41) is 29.2. The van der Waals surface area contributed by atoms with Crippen LogP contribution in [0, 0.1) is 80.3 Å². The molecule has 406 valence electrons. The Balaban J connectivity index is 0.000000272. The van der Waals surface area contributed by atoms with Crippen molar-refractivity contribution < 1.29 is 46.5 Å². The summed E-state index contributed by atoms with van der Waals surface area (Å²) < 4.78 is 85.0. The number of ketones is 1. The van der Waals surface area contributed by atoms with Crippen molar-refractivity contribution in [3.05, 3.63) is 11.6 Å². The number of hydrogen-bond acceptors (Lipinski definition) is 4. The Kier molecular flexibility index (Phi) is 20.9. The van der Waals surface area contributed by atoms with Crippen molar-refractivity contribution in [2.75, 3.05) is 6.61 Å². The van der Waals surface area contributed by atoms with Gasteiger partial charge in [-0.15, -0.1) is 0 Å². The van der Waals surface area contributed by atoms with Crippen LogP contribution in [0.25, 0.3) is 0 Å². The standard InChI is InChI=1S/C21H36F2O.C19H32F2O.C18H32F2O2.CH4/c1-15(10-13-21(22,23)19(2,3)4)17-8-9-18-16(11-14-24)7-6-12-20(17,18)5;1-13(10-12-19(20,21)17(2,3)4)14-8-9-15-16(22)7-6-11-18(14,15)5;1-12(9-11-18(19,20)16(2,3)22)13-7-8-14-15(21)6-5-10-17(13,14)4;/h11,15,17-18,24H,6-10,12-14H2,1-5H3;13-15H,6-12H2,1-5H3;12-15,21-22H,5-11H2,1-4H3;1H4/b16-11+;;;/t15-,17-,18+,20-;13-,14-,15+,18-;12-,13-,14+,15+,17-;/m111./s1. The maximum Gasteiger partial charge on any atom is 0.275 e. The molecule has 0 aromatic carbocycles. The zero-order chi connectivity index (χ0) is 51.7. The molecular weight excluding hydrogens is 887 g/mol. The third kappa shape index (κ3) is 13.8. The molecule has 0 saturated heterocycles.